The van der Waals surface area contributed by atoms with Gasteiger partial charge in [0, 0.05) is 6.20 Å². The standard InChI is InChI=1S/C11H16N2O4/c1-12-5-4-9(14)10(15)8-3-2-7(6-13-8)11(16)17/h2-3,6,9-10,12,14-15H,4-5H2,1H3,(H,16,17). The maximum absolute atomic E-state index is 10.6. The molecule has 94 valence electrons. The number of aliphatic hydroxyl groups is 2. The Bertz CT molecular complexity index is 366. The molecule has 6 nitrogen and oxygen atoms in total. The molecule has 1 aromatic rings. The van der Waals surface area contributed by atoms with Gasteiger partial charge in [0.05, 0.1) is 17.4 Å². The topological polar surface area (TPSA) is 103 Å². The van der Waals surface area contributed by atoms with E-state index in [-0.39, 0.29) is 11.3 Å². The van der Waals surface area contributed by atoms with Crippen LogP contribution in [-0.4, -0.2) is 46.0 Å². The van der Waals surface area contributed by atoms with Crippen molar-refractivity contribution in [2.45, 2.75) is 18.6 Å². The van der Waals surface area contributed by atoms with Crippen LogP contribution in [0.1, 0.15) is 28.6 Å². The molecule has 0 fully saturated rings. The summed E-state index contributed by atoms with van der Waals surface area (Å²) in [6.07, 6.45) is -0.483. The van der Waals surface area contributed by atoms with Crippen LogP contribution in [-0.2, 0) is 0 Å². The summed E-state index contributed by atoms with van der Waals surface area (Å²) in [5.74, 6) is -1.07. The molecule has 4 N–H and O–H groups in total. The summed E-state index contributed by atoms with van der Waals surface area (Å²) in [6.45, 7) is 0.575. The van der Waals surface area contributed by atoms with Crippen molar-refractivity contribution >= 4 is 5.97 Å². The lowest BCUT2D eigenvalue weighted by Crippen LogP contribution is -2.24. The minimum absolute atomic E-state index is 0.0469. The molecule has 0 saturated heterocycles. The van der Waals surface area contributed by atoms with Gasteiger partial charge in [-0.25, -0.2) is 4.79 Å². The number of hydrogen-bond acceptors (Lipinski definition) is 5. The van der Waals surface area contributed by atoms with Crippen molar-refractivity contribution in [2.24, 2.45) is 0 Å². The Morgan fingerprint density at radius 2 is 2.18 bits per heavy atom. The van der Waals surface area contributed by atoms with Gasteiger partial charge in [-0.05, 0) is 32.1 Å². The Morgan fingerprint density at radius 1 is 1.47 bits per heavy atom. The van der Waals surface area contributed by atoms with Crippen LogP contribution in [0, 0.1) is 0 Å². The third-order valence-corrected chi connectivity index (χ3v) is 2.39. The molecule has 2 atom stereocenters. The maximum atomic E-state index is 10.6. The lowest BCUT2D eigenvalue weighted by atomic mass is 10.1. The fourth-order valence-electron chi connectivity index (χ4n) is 1.35. The molecule has 0 amide bonds. The van der Waals surface area contributed by atoms with E-state index in [1.807, 2.05) is 0 Å². The molecule has 0 aliphatic carbocycles. The third kappa shape index (κ3) is 3.77. The van der Waals surface area contributed by atoms with Crippen LogP contribution >= 0.6 is 0 Å². The van der Waals surface area contributed by atoms with Gasteiger partial charge in [0.25, 0.3) is 0 Å². The summed E-state index contributed by atoms with van der Waals surface area (Å²) in [5.41, 5.74) is 0.310. The molecule has 0 aromatic carbocycles. The van der Waals surface area contributed by atoms with Gasteiger partial charge >= 0.3 is 5.97 Å². The second-order valence-electron chi connectivity index (χ2n) is 3.68. The Labute approximate surface area is 98.9 Å². The first-order valence-electron chi connectivity index (χ1n) is 5.26. The van der Waals surface area contributed by atoms with Gasteiger partial charge in [0.2, 0.25) is 0 Å². The third-order valence-electron chi connectivity index (χ3n) is 2.39. The SMILES string of the molecule is CNCCC(O)C(O)c1ccc(C(=O)O)cn1. The van der Waals surface area contributed by atoms with Gasteiger partial charge in [0.15, 0.2) is 0 Å². The average molecular weight is 240 g/mol. The van der Waals surface area contributed by atoms with Gasteiger partial charge < -0.3 is 20.6 Å². The number of pyridine rings is 1. The minimum atomic E-state index is -1.11. The van der Waals surface area contributed by atoms with E-state index in [4.69, 9.17) is 5.11 Å². The van der Waals surface area contributed by atoms with Crippen molar-refractivity contribution in [1.82, 2.24) is 10.3 Å². The maximum Gasteiger partial charge on any atom is 0.337 e. The Morgan fingerprint density at radius 3 is 2.65 bits per heavy atom. The summed E-state index contributed by atoms with van der Waals surface area (Å²) in [4.78, 5) is 14.4. The van der Waals surface area contributed by atoms with Crippen LogP contribution < -0.4 is 5.32 Å². The fraction of sp³-hybridized carbons (Fsp3) is 0.455. The highest BCUT2D eigenvalue weighted by molar-refractivity contribution is 5.87. The largest absolute Gasteiger partial charge is 0.478 e. The van der Waals surface area contributed by atoms with E-state index in [1.165, 1.54) is 12.1 Å². The van der Waals surface area contributed by atoms with E-state index in [0.717, 1.165) is 6.20 Å². The summed E-state index contributed by atoms with van der Waals surface area (Å²) < 4.78 is 0. The van der Waals surface area contributed by atoms with Gasteiger partial charge in [-0.1, -0.05) is 0 Å². The number of carbonyl (C=O) groups is 1. The first-order chi connectivity index (χ1) is 8.06. The molecule has 0 saturated carbocycles. The van der Waals surface area contributed by atoms with Gasteiger partial charge in [-0.15, -0.1) is 0 Å². The van der Waals surface area contributed by atoms with Crippen LogP contribution in [0.15, 0.2) is 18.3 Å². The molecule has 6 heteroatoms. The zero-order valence-corrected chi connectivity index (χ0v) is 9.50. The minimum Gasteiger partial charge on any atom is -0.478 e. The van der Waals surface area contributed by atoms with E-state index < -0.39 is 18.2 Å². The quantitative estimate of drug-likeness (QED) is 0.548. The molecule has 1 aromatic heterocycles. The van der Waals surface area contributed by atoms with Crippen molar-refractivity contribution in [2.75, 3.05) is 13.6 Å². The van der Waals surface area contributed by atoms with Crippen molar-refractivity contribution in [3.63, 3.8) is 0 Å². The summed E-state index contributed by atoms with van der Waals surface area (Å²) in [7, 11) is 1.75. The Balaban J connectivity index is 2.68. The Hall–Kier alpha value is -1.50. The second kappa shape index (κ2) is 6.29. The van der Waals surface area contributed by atoms with Gasteiger partial charge in [0.1, 0.15) is 6.10 Å². The number of aromatic carboxylic acids is 1. The fourth-order valence-corrected chi connectivity index (χ4v) is 1.35. The number of rotatable bonds is 6. The number of nitrogens with one attached hydrogen (secondary N) is 1. The van der Waals surface area contributed by atoms with E-state index >= 15 is 0 Å². The number of carboxylic acids is 1. The van der Waals surface area contributed by atoms with Crippen LogP contribution in [0.3, 0.4) is 0 Å². The molecular weight excluding hydrogens is 224 g/mol. The van der Waals surface area contributed by atoms with E-state index in [0.29, 0.717) is 13.0 Å². The molecule has 0 radical (unpaired) electrons. The van der Waals surface area contributed by atoms with Crippen molar-refractivity contribution in [3.8, 4) is 0 Å². The molecule has 0 aliphatic rings. The summed E-state index contributed by atoms with van der Waals surface area (Å²) >= 11 is 0. The predicted molar refractivity (Wildman–Crippen MR) is 60.7 cm³/mol. The Kier molecular flexibility index (Phi) is 5.02. The zero-order chi connectivity index (χ0) is 12.8. The smallest absolute Gasteiger partial charge is 0.337 e. The lowest BCUT2D eigenvalue weighted by Gasteiger charge is -2.17. The summed E-state index contributed by atoms with van der Waals surface area (Å²) in [6, 6.07) is 2.75. The van der Waals surface area contributed by atoms with Crippen LogP contribution in [0.4, 0.5) is 0 Å². The highest BCUT2D eigenvalue weighted by atomic mass is 16.4. The molecule has 0 bridgehead atoms. The van der Waals surface area contributed by atoms with Crippen molar-refractivity contribution < 1.29 is 20.1 Å². The molecule has 0 aliphatic heterocycles. The molecule has 1 heterocycles. The first kappa shape index (κ1) is 13.6. The number of aromatic nitrogens is 1. The highest BCUT2D eigenvalue weighted by Gasteiger charge is 2.19. The van der Waals surface area contributed by atoms with E-state index in [9.17, 15) is 15.0 Å². The monoisotopic (exact) mass is 240 g/mol. The van der Waals surface area contributed by atoms with Crippen LogP contribution in [0.2, 0.25) is 0 Å². The van der Waals surface area contributed by atoms with Crippen molar-refractivity contribution in [3.05, 3.63) is 29.6 Å². The van der Waals surface area contributed by atoms with Crippen LogP contribution in [0.5, 0.6) is 0 Å². The molecule has 2 unspecified atom stereocenters. The van der Waals surface area contributed by atoms with E-state index in [1.54, 1.807) is 7.05 Å². The van der Waals surface area contributed by atoms with Gasteiger partial charge in [-0.2, -0.15) is 0 Å². The lowest BCUT2D eigenvalue weighted by molar-refractivity contribution is 0.0115. The number of hydrogen-bond donors (Lipinski definition) is 4. The molecular formula is C11H16N2O4. The molecule has 17 heavy (non-hydrogen) atoms. The first-order valence-corrected chi connectivity index (χ1v) is 5.26. The van der Waals surface area contributed by atoms with E-state index in [2.05, 4.69) is 10.3 Å². The average Bonchev–Trinajstić information content (AvgIpc) is 2.35. The molecule has 1 rings (SSSR count). The highest BCUT2D eigenvalue weighted by Crippen LogP contribution is 2.16. The van der Waals surface area contributed by atoms with Gasteiger partial charge in [-0.3, -0.25) is 4.98 Å². The van der Waals surface area contributed by atoms with Crippen LogP contribution in [0.25, 0.3) is 0 Å². The molecule has 0 spiro atoms. The number of aliphatic hydroxyl groups excluding tert-OH is 2. The normalized spacial score (nSPS) is 14.3. The van der Waals surface area contributed by atoms with Crippen molar-refractivity contribution in [1.29, 1.82) is 0 Å². The summed E-state index contributed by atoms with van der Waals surface area (Å²) in [5, 5.41) is 30.9. The predicted octanol–water partition coefficient (Wildman–Crippen LogP) is -0.216. The number of nitrogens with zero attached hydrogens (tertiary/aromatic N) is 1. The number of carboxylic acid groups (broad SMARTS) is 1. The second-order valence-corrected chi connectivity index (χ2v) is 3.68. The zero-order valence-electron chi connectivity index (χ0n) is 9.50.